The standard InChI is InChI=1S/C19H21N3O2/c20-15-3-7-17(8-4-15)24-16-5-1-13(2-6-16)19(23)21-18-12-22-10-9-14(18)11-22/h1-8,14,18H,9-12,20H2,(H,21,23). The molecule has 4 rings (SSSR count). The Kier molecular flexibility index (Phi) is 3.86. The van der Waals surface area contributed by atoms with Crippen LogP contribution in [0.1, 0.15) is 16.8 Å². The van der Waals surface area contributed by atoms with E-state index in [9.17, 15) is 4.79 Å². The van der Waals surface area contributed by atoms with Crippen molar-refractivity contribution in [2.24, 2.45) is 5.92 Å². The van der Waals surface area contributed by atoms with Gasteiger partial charge in [-0.15, -0.1) is 0 Å². The van der Waals surface area contributed by atoms with Crippen LogP contribution in [0.15, 0.2) is 48.5 Å². The number of benzene rings is 2. The van der Waals surface area contributed by atoms with Crippen molar-refractivity contribution in [3.8, 4) is 11.5 Å². The molecule has 2 aromatic carbocycles. The van der Waals surface area contributed by atoms with Crippen molar-refractivity contribution in [3.05, 3.63) is 54.1 Å². The first-order chi connectivity index (χ1) is 11.7. The molecule has 0 spiro atoms. The summed E-state index contributed by atoms with van der Waals surface area (Å²) < 4.78 is 5.75. The van der Waals surface area contributed by atoms with Gasteiger partial charge in [-0.1, -0.05) is 0 Å². The van der Waals surface area contributed by atoms with Gasteiger partial charge in [-0.05, 0) is 67.4 Å². The summed E-state index contributed by atoms with van der Waals surface area (Å²) in [4.78, 5) is 14.8. The third kappa shape index (κ3) is 3.08. The number of nitrogens with one attached hydrogen (secondary N) is 1. The minimum absolute atomic E-state index is 0.00668. The summed E-state index contributed by atoms with van der Waals surface area (Å²) in [6, 6.07) is 14.7. The zero-order valence-electron chi connectivity index (χ0n) is 13.4. The highest BCUT2D eigenvalue weighted by Crippen LogP contribution is 2.28. The quantitative estimate of drug-likeness (QED) is 0.848. The molecule has 2 fully saturated rings. The number of rotatable bonds is 4. The molecule has 2 aromatic rings. The van der Waals surface area contributed by atoms with Crippen LogP contribution >= 0.6 is 0 Å². The maximum absolute atomic E-state index is 12.4. The Hall–Kier alpha value is -2.53. The van der Waals surface area contributed by atoms with Gasteiger partial charge in [0.1, 0.15) is 11.5 Å². The molecule has 2 heterocycles. The van der Waals surface area contributed by atoms with Crippen LogP contribution < -0.4 is 15.8 Å². The van der Waals surface area contributed by atoms with Crippen LogP contribution in [-0.4, -0.2) is 36.5 Å². The molecule has 0 aliphatic carbocycles. The first-order valence-corrected chi connectivity index (χ1v) is 8.34. The monoisotopic (exact) mass is 323 g/mol. The largest absolute Gasteiger partial charge is 0.457 e. The Morgan fingerprint density at radius 1 is 1.04 bits per heavy atom. The first-order valence-electron chi connectivity index (χ1n) is 8.34. The van der Waals surface area contributed by atoms with Crippen molar-refractivity contribution in [1.82, 2.24) is 10.2 Å². The van der Waals surface area contributed by atoms with Gasteiger partial charge in [0.05, 0.1) is 0 Å². The number of ether oxygens (including phenoxy) is 1. The molecular weight excluding hydrogens is 302 g/mol. The summed E-state index contributed by atoms with van der Waals surface area (Å²) in [7, 11) is 0. The highest BCUT2D eigenvalue weighted by Gasteiger charge is 2.38. The van der Waals surface area contributed by atoms with E-state index >= 15 is 0 Å². The predicted molar refractivity (Wildman–Crippen MR) is 93.2 cm³/mol. The van der Waals surface area contributed by atoms with E-state index in [4.69, 9.17) is 10.5 Å². The number of fused-ring (bicyclic) bond motifs is 2. The van der Waals surface area contributed by atoms with Crippen LogP contribution in [0, 0.1) is 5.92 Å². The number of amides is 1. The van der Waals surface area contributed by atoms with Crippen LogP contribution in [0.25, 0.3) is 0 Å². The zero-order chi connectivity index (χ0) is 16.5. The molecule has 2 aliphatic rings. The highest BCUT2D eigenvalue weighted by molar-refractivity contribution is 5.94. The molecule has 2 saturated heterocycles. The molecule has 24 heavy (non-hydrogen) atoms. The summed E-state index contributed by atoms with van der Waals surface area (Å²) in [5.74, 6) is 2.02. The molecule has 2 aliphatic heterocycles. The van der Waals surface area contributed by atoms with Crippen molar-refractivity contribution in [3.63, 3.8) is 0 Å². The maximum Gasteiger partial charge on any atom is 0.251 e. The highest BCUT2D eigenvalue weighted by atomic mass is 16.5. The van der Waals surface area contributed by atoms with Gasteiger partial charge in [0.25, 0.3) is 5.91 Å². The van der Waals surface area contributed by atoms with Gasteiger partial charge < -0.3 is 20.7 Å². The Morgan fingerprint density at radius 2 is 1.71 bits per heavy atom. The molecule has 5 nitrogen and oxygen atoms in total. The summed E-state index contributed by atoms with van der Waals surface area (Å²) >= 11 is 0. The van der Waals surface area contributed by atoms with Crippen molar-refractivity contribution in [2.45, 2.75) is 12.5 Å². The van der Waals surface area contributed by atoms with E-state index < -0.39 is 0 Å². The van der Waals surface area contributed by atoms with Gasteiger partial charge in [0.15, 0.2) is 0 Å². The number of piperidine rings is 1. The second kappa shape index (κ2) is 6.17. The van der Waals surface area contributed by atoms with E-state index in [1.807, 2.05) is 24.3 Å². The number of nitrogen functional groups attached to an aromatic ring is 1. The van der Waals surface area contributed by atoms with Crippen LogP contribution in [0.4, 0.5) is 5.69 Å². The van der Waals surface area contributed by atoms with Crippen LogP contribution in [0.5, 0.6) is 11.5 Å². The van der Waals surface area contributed by atoms with E-state index in [2.05, 4.69) is 10.2 Å². The minimum Gasteiger partial charge on any atom is -0.457 e. The fourth-order valence-electron chi connectivity index (χ4n) is 3.55. The zero-order valence-corrected chi connectivity index (χ0v) is 13.4. The Balaban J connectivity index is 1.38. The van der Waals surface area contributed by atoms with Crippen molar-refractivity contribution in [1.29, 1.82) is 0 Å². The molecule has 3 atom stereocenters. The average molecular weight is 323 g/mol. The van der Waals surface area contributed by atoms with Gasteiger partial charge in [0, 0.05) is 30.4 Å². The Labute approximate surface area is 141 Å². The van der Waals surface area contributed by atoms with E-state index in [1.54, 1.807) is 24.3 Å². The number of nitrogens with two attached hydrogens (primary N) is 1. The van der Waals surface area contributed by atoms with Crippen LogP contribution in [0.2, 0.25) is 0 Å². The lowest BCUT2D eigenvalue weighted by Crippen LogP contribution is -2.43. The lowest BCUT2D eigenvalue weighted by atomic mass is 9.99. The van der Waals surface area contributed by atoms with Gasteiger partial charge in [-0.2, -0.15) is 0 Å². The third-order valence-electron chi connectivity index (χ3n) is 4.88. The molecule has 0 radical (unpaired) electrons. The van der Waals surface area contributed by atoms with Crippen LogP contribution in [-0.2, 0) is 0 Å². The SMILES string of the molecule is Nc1ccc(Oc2ccc(C(=O)NC3CN4CCC3C4)cc2)cc1. The lowest BCUT2D eigenvalue weighted by molar-refractivity contribution is 0.0924. The molecule has 3 N–H and O–H groups in total. The summed E-state index contributed by atoms with van der Waals surface area (Å²) in [6.07, 6.45) is 1.19. The number of hydrogen-bond acceptors (Lipinski definition) is 4. The third-order valence-corrected chi connectivity index (χ3v) is 4.88. The first kappa shape index (κ1) is 15.0. The van der Waals surface area contributed by atoms with E-state index in [0.29, 0.717) is 22.9 Å². The van der Waals surface area contributed by atoms with E-state index in [-0.39, 0.29) is 11.9 Å². The normalized spacial score (nSPS) is 24.8. The molecule has 0 saturated carbocycles. The number of anilines is 1. The number of hydrogen-bond donors (Lipinski definition) is 2. The van der Waals surface area contributed by atoms with Gasteiger partial charge in [0.2, 0.25) is 0 Å². The minimum atomic E-state index is -0.00668. The van der Waals surface area contributed by atoms with Gasteiger partial charge >= 0.3 is 0 Å². The lowest BCUT2D eigenvalue weighted by Gasteiger charge is -2.23. The summed E-state index contributed by atoms with van der Waals surface area (Å²) in [5.41, 5.74) is 7.02. The maximum atomic E-state index is 12.4. The predicted octanol–water partition coefficient (Wildman–Crippen LogP) is 2.50. The molecule has 3 unspecified atom stereocenters. The number of nitrogens with zero attached hydrogens (tertiary/aromatic N) is 1. The molecule has 2 bridgehead atoms. The molecule has 124 valence electrons. The summed E-state index contributed by atoms with van der Waals surface area (Å²) in [6.45, 7) is 3.28. The fraction of sp³-hybridized carbons (Fsp3) is 0.316. The van der Waals surface area contributed by atoms with Crippen molar-refractivity contribution < 1.29 is 9.53 Å². The molecule has 0 aromatic heterocycles. The summed E-state index contributed by atoms with van der Waals surface area (Å²) in [5, 5.41) is 3.17. The smallest absolute Gasteiger partial charge is 0.251 e. The topological polar surface area (TPSA) is 67.6 Å². The second-order valence-corrected chi connectivity index (χ2v) is 6.58. The van der Waals surface area contributed by atoms with Gasteiger partial charge in [-0.25, -0.2) is 0 Å². The van der Waals surface area contributed by atoms with E-state index in [0.717, 1.165) is 18.8 Å². The van der Waals surface area contributed by atoms with E-state index in [1.165, 1.54) is 13.0 Å². The molecule has 1 amide bonds. The number of carbonyl (C=O) groups is 1. The van der Waals surface area contributed by atoms with Crippen molar-refractivity contribution in [2.75, 3.05) is 25.4 Å². The molecule has 5 heteroatoms. The second-order valence-electron chi connectivity index (χ2n) is 6.58. The van der Waals surface area contributed by atoms with Crippen molar-refractivity contribution >= 4 is 11.6 Å². The Morgan fingerprint density at radius 3 is 2.29 bits per heavy atom. The van der Waals surface area contributed by atoms with Gasteiger partial charge in [-0.3, -0.25) is 4.79 Å². The molecular formula is C19H21N3O2. The van der Waals surface area contributed by atoms with Crippen LogP contribution in [0.3, 0.4) is 0 Å². The fourth-order valence-corrected chi connectivity index (χ4v) is 3.55. The number of carbonyl (C=O) groups excluding carboxylic acids is 1. The Bertz CT molecular complexity index is 727. The average Bonchev–Trinajstić information content (AvgIpc) is 3.20.